The highest BCUT2D eigenvalue weighted by molar-refractivity contribution is 6.30. The quantitative estimate of drug-likeness (QED) is 0.653. The highest BCUT2D eigenvalue weighted by Gasteiger charge is 2.26. The second-order valence-corrected chi connectivity index (χ2v) is 7.44. The van der Waals surface area contributed by atoms with Gasteiger partial charge in [-0.15, -0.1) is 0 Å². The average molecular weight is 427 g/mol. The van der Waals surface area contributed by atoms with E-state index in [2.05, 4.69) is 20.8 Å². The Labute approximate surface area is 176 Å². The molecular weight excluding hydrogens is 408 g/mol. The molecule has 1 fully saturated rings. The minimum absolute atomic E-state index is 0.114. The number of hydrogen-bond acceptors (Lipinski definition) is 5. The summed E-state index contributed by atoms with van der Waals surface area (Å²) in [5.74, 6) is -0.883. The Morgan fingerprint density at radius 2 is 2.03 bits per heavy atom. The van der Waals surface area contributed by atoms with Crippen LogP contribution in [0.3, 0.4) is 0 Å². The van der Waals surface area contributed by atoms with E-state index in [9.17, 15) is 14.4 Å². The summed E-state index contributed by atoms with van der Waals surface area (Å²) in [6.07, 6.45) is 4.37. The molecule has 1 unspecified atom stereocenters. The third-order valence-corrected chi connectivity index (χ3v) is 5.07. The van der Waals surface area contributed by atoms with Gasteiger partial charge in [0.2, 0.25) is 5.91 Å². The Bertz CT molecular complexity index is 1170. The fourth-order valence-corrected chi connectivity index (χ4v) is 3.38. The van der Waals surface area contributed by atoms with Crippen LogP contribution < -0.4 is 16.2 Å². The Hall–Kier alpha value is -3.46. The molecule has 0 bridgehead atoms. The summed E-state index contributed by atoms with van der Waals surface area (Å²) in [6, 6.07) is 7.64. The van der Waals surface area contributed by atoms with Gasteiger partial charge in [-0.25, -0.2) is 0 Å². The normalized spacial score (nSPS) is 16.2. The van der Waals surface area contributed by atoms with Gasteiger partial charge in [-0.1, -0.05) is 23.7 Å². The van der Waals surface area contributed by atoms with Crippen LogP contribution in [0.1, 0.15) is 23.2 Å². The highest BCUT2D eigenvalue weighted by Crippen LogP contribution is 2.20. The predicted molar refractivity (Wildman–Crippen MR) is 111 cm³/mol. The summed E-state index contributed by atoms with van der Waals surface area (Å²) in [7, 11) is 1.72. The fourth-order valence-electron chi connectivity index (χ4n) is 3.26. The lowest BCUT2D eigenvalue weighted by atomic mass is 10.1. The van der Waals surface area contributed by atoms with Crippen LogP contribution in [0.2, 0.25) is 5.02 Å². The molecule has 0 aliphatic carbocycles. The van der Waals surface area contributed by atoms with Crippen LogP contribution in [0.25, 0.3) is 16.9 Å². The first-order valence-electron chi connectivity index (χ1n) is 9.40. The van der Waals surface area contributed by atoms with Crippen LogP contribution in [0.15, 0.2) is 47.5 Å². The molecule has 1 aliphatic heterocycles. The first-order valence-corrected chi connectivity index (χ1v) is 9.78. The Balaban J connectivity index is 1.79. The minimum Gasteiger partial charge on any atom is -0.354 e. The van der Waals surface area contributed by atoms with Crippen molar-refractivity contribution in [2.24, 2.45) is 7.05 Å². The third kappa shape index (κ3) is 3.97. The zero-order valence-electron chi connectivity index (χ0n) is 16.1. The van der Waals surface area contributed by atoms with Crippen LogP contribution in [0, 0.1) is 0 Å². The van der Waals surface area contributed by atoms with Crippen molar-refractivity contribution >= 4 is 23.4 Å². The number of carbonyl (C=O) groups excluding carboxylic acids is 2. The number of nitrogens with zero attached hydrogens (tertiary/aromatic N) is 4. The molecule has 0 spiro atoms. The summed E-state index contributed by atoms with van der Waals surface area (Å²) in [6.45, 7) is 0.578. The Morgan fingerprint density at radius 3 is 2.70 bits per heavy atom. The standard InChI is InChI=1S/C20H19ClN6O3/c1-26-11-14(10-23-26)27-20(30)15(18(28)24-16-3-2-8-22-19(16)29)9-17(25-27)12-4-6-13(21)7-5-12/h4-7,9-11,16H,2-3,8H2,1H3,(H,22,29)(H,24,28). The SMILES string of the molecule is Cn1cc(-n2nc(-c3ccc(Cl)cc3)cc(C(=O)NC3CCCNC3=O)c2=O)cn1. The van der Waals surface area contributed by atoms with Crippen LogP contribution in [-0.4, -0.2) is 44.0 Å². The van der Waals surface area contributed by atoms with Gasteiger partial charge in [-0.3, -0.25) is 19.1 Å². The number of carbonyl (C=O) groups is 2. The first-order chi connectivity index (χ1) is 14.4. The van der Waals surface area contributed by atoms with Gasteiger partial charge in [0.25, 0.3) is 11.5 Å². The van der Waals surface area contributed by atoms with E-state index in [0.29, 0.717) is 34.9 Å². The number of aryl methyl sites for hydroxylation is 1. The minimum atomic E-state index is -0.676. The third-order valence-electron chi connectivity index (χ3n) is 4.82. The summed E-state index contributed by atoms with van der Waals surface area (Å²) >= 11 is 5.97. The van der Waals surface area contributed by atoms with Crippen molar-refractivity contribution in [3.63, 3.8) is 0 Å². The zero-order valence-corrected chi connectivity index (χ0v) is 16.9. The molecule has 0 saturated carbocycles. The van der Waals surface area contributed by atoms with E-state index < -0.39 is 17.5 Å². The molecule has 2 aromatic heterocycles. The molecule has 0 radical (unpaired) electrons. The van der Waals surface area contributed by atoms with Gasteiger partial charge in [0.15, 0.2) is 0 Å². The van der Waals surface area contributed by atoms with E-state index in [1.165, 1.54) is 16.9 Å². The highest BCUT2D eigenvalue weighted by atomic mass is 35.5. The van der Waals surface area contributed by atoms with Gasteiger partial charge in [0.05, 0.1) is 18.1 Å². The van der Waals surface area contributed by atoms with Gasteiger partial charge in [0, 0.05) is 24.2 Å². The van der Waals surface area contributed by atoms with E-state index in [4.69, 9.17) is 11.6 Å². The second kappa shape index (κ2) is 8.11. The molecule has 1 aromatic carbocycles. The number of amides is 2. The summed E-state index contributed by atoms with van der Waals surface area (Å²) < 4.78 is 2.66. The molecule has 1 aliphatic rings. The maximum atomic E-state index is 13.1. The molecule has 154 valence electrons. The van der Waals surface area contributed by atoms with Gasteiger partial charge < -0.3 is 10.6 Å². The number of benzene rings is 1. The number of nitrogens with one attached hydrogen (secondary N) is 2. The van der Waals surface area contributed by atoms with Crippen molar-refractivity contribution in [1.29, 1.82) is 0 Å². The first kappa shape index (κ1) is 19.8. The molecule has 1 atom stereocenters. The zero-order chi connectivity index (χ0) is 21.3. The number of piperidine rings is 1. The van der Waals surface area contributed by atoms with Crippen molar-refractivity contribution in [2.75, 3.05) is 6.54 Å². The summed E-state index contributed by atoms with van der Waals surface area (Å²) in [5.41, 5.74) is 0.796. The van der Waals surface area contributed by atoms with Gasteiger partial charge in [-0.05, 0) is 31.0 Å². The smallest absolute Gasteiger partial charge is 0.284 e. The monoisotopic (exact) mass is 426 g/mol. The molecule has 9 nitrogen and oxygen atoms in total. The topological polar surface area (TPSA) is 111 Å². The van der Waals surface area contributed by atoms with Crippen molar-refractivity contribution in [2.45, 2.75) is 18.9 Å². The number of hydrogen-bond donors (Lipinski definition) is 2. The van der Waals surface area contributed by atoms with E-state index >= 15 is 0 Å². The maximum absolute atomic E-state index is 13.1. The summed E-state index contributed by atoms with van der Waals surface area (Å²) in [5, 5.41) is 14.4. The van der Waals surface area contributed by atoms with Crippen molar-refractivity contribution in [3.8, 4) is 16.9 Å². The predicted octanol–water partition coefficient (Wildman–Crippen LogP) is 1.29. The van der Waals surface area contributed by atoms with Gasteiger partial charge >= 0.3 is 0 Å². The van der Waals surface area contributed by atoms with Crippen LogP contribution in [0.4, 0.5) is 0 Å². The Morgan fingerprint density at radius 1 is 1.27 bits per heavy atom. The molecule has 1 saturated heterocycles. The molecule has 30 heavy (non-hydrogen) atoms. The molecule has 4 rings (SSSR count). The number of halogens is 1. The number of aromatic nitrogens is 4. The van der Waals surface area contributed by atoms with Gasteiger partial charge in [-0.2, -0.15) is 14.9 Å². The van der Waals surface area contributed by atoms with E-state index in [1.807, 2.05) is 0 Å². The molecule has 3 aromatic rings. The van der Waals surface area contributed by atoms with Crippen molar-refractivity contribution in [3.05, 3.63) is 63.7 Å². The van der Waals surface area contributed by atoms with Crippen LogP contribution >= 0.6 is 11.6 Å². The summed E-state index contributed by atoms with van der Waals surface area (Å²) in [4.78, 5) is 38.0. The van der Waals surface area contributed by atoms with E-state index in [-0.39, 0.29) is 11.5 Å². The Kier molecular flexibility index (Phi) is 5.37. The average Bonchev–Trinajstić information content (AvgIpc) is 3.16. The lowest BCUT2D eigenvalue weighted by Gasteiger charge is -2.22. The van der Waals surface area contributed by atoms with E-state index in [0.717, 1.165) is 11.1 Å². The maximum Gasteiger partial charge on any atom is 0.284 e. The molecule has 2 amide bonds. The lowest BCUT2D eigenvalue weighted by molar-refractivity contribution is -0.124. The number of rotatable bonds is 4. The molecule has 3 heterocycles. The van der Waals surface area contributed by atoms with Gasteiger partial charge in [0.1, 0.15) is 17.3 Å². The largest absolute Gasteiger partial charge is 0.354 e. The molecular formula is C20H19ClN6O3. The van der Waals surface area contributed by atoms with Crippen LogP contribution in [-0.2, 0) is 11.8 Å². The van der Waals surface area contributed by atoms with Crippen molar-refractivity contribution < 1.29 is 9.59 Å². The lowest BCUT2D eigenvalue weighted by Crippen LogP contribution is -2.51. The molecule has 10 heteroatoms. The fraction of sp³-hybridized carbons (Fsp3) is 0.250. The molecule has 2 N–H and O–H groups in total. The van der Waals surface area contributed by atoms with Crippen molar-refractivity contribution in [1.82, 2.24) is 30.2 Å². The second-order valence-electron chi connectivity index (χ2n) is 7.00. The van der Waals surface area contributed by atoms with Crippen LogP contribution in [0.5, 0.6) is 0 Å². The van der Waals surface area contributed by atoms with E-state index in [1.54, 1.807) is 37.5 Å².